The predicted molar refractivity (Wildman–Crippen MR) is 137 cm³/mol. The van der Waals surface area contributed by atoms with Gasteiger partial charge in [0, 0.05) is 22.7 Å². The SMILES string of the molecule is Cc1cc2ccccc2c(Nc2ccc(C(C)C(Nc3c(OC(C)C)c(=O)c3=O)C(=O)O)cc2)n1. The van der Waals surface area contributed by atoms with E-state index >= 15 is 0 Å². The molecule has 8 heteroatoms. The molecule has 0 amide bonds. The van der Waals surface area contributed by atoms with Crippen molar-refractivity contribution in [3.05, 3.63) is 86.3 Å². The summed E-state index contributed by atoms with van der Waals surface area (Å²) in [5, 5.41) is 18.0. The molecule has 0 fully saturated rings. The minimum absolute atomic E-state index is 0.0846. The summed E-state index contributed by atoms with van der Waals surface area (Å²) in [6, 6.07) is 16.2. The van der Waals surface area contributed by atoms with Crippen LogP contribution in [-0.2, 0) is 4.79 Å². The number of carboxylic acids is 1. The number of hydrogen-bond donors (Lipinski definition) is 3. The van der Waals surface area contributed by atoms with Gasteiger partial charge < -0.3 is 20.5 Å². The van der Waals surface area contributed by atoms with Crippen molar-refractivity contribution in [3.63, 3.8) is 0 Å². The summed E-state index contributed by atoms with van der Waals surface area (Å²) < 4.78 is 5.40. The minimum atomic E-state index is -1.14. The number of nitrogens with zero attached hydrogens (tertiary/aromatic N) is 1. The number of carbonyl (C=O) groups is 1. The Morgan fingerprint density at radius 1 is 1.00 bits per heavy atom. The smallest absolute Gasteiger partial charge is 0.326 e. The van der Waals surface area contributed by atoms with E-state index in [2.05, 4.69) is 15.6 Å². The highest BCUT2D eigenvalue weighted by Gasteiger charge is 2.32. The van der Waals surface area contributed by atoms with E-state index in [0.717, 1.165) is 33.5 Å². The van der Waals surface area contributed by atoms with Crippen LogP contribution in [0.4, 0.5) is 17.2 Å². The van der Waals surface area contributed by atoms with E-state index in [9.17, 15) is 19.5 Å². The molecule has 0 saturated carbocycles. The molecule has 1 heterocycles. The number of benzene rings is 2. The van der Waals surface area contributed by atoms with Gasteiger partial charge >= 0.3 is 5.97 Å². The van der Waals surface area contributed by atoms with Gasteiger partial charge in [0.05, 0.1) is 6.10 Å². The van der Waals surface area contributed by atoms with Crippen LogP contribution in [0, 0.1) is 6.92 Å². The van der Waals surface area contributed by atoms with Crippen molar-refractivity contribution in [2.75, 3.05) is 10.6 Å². The van der Waals surface area contributed by atoms with E-state index in [1.54, 1.807) is 20.8 Å². The van der Waals surface area contributed by atoms with Crippen LogP contribution in [0.5, 0.6) is 5.75 Å². The van der Waals surface area contributed by atoms with Gasteiger partial charge in [0.2, 0.25) is 0 Å². The maximum Gasteiger partial charge on any atom is 0.326 e. The van der Waals surface area contributed by atoms with Crippen molar-refractivity contribution < 1.29 is 14.6 Å². The number of fused-ring (bicyclic) bond motifs is 1. The second-order valence-corrected chi connectivity index (χ2v) is 8.86. The number of carboxylic acid groups (broad SMARTS) is 1. The fourth-order valence-electron chi connectivity index (χ4n) is 4.03. The Morgan fingerprint density at radius 2 is 1.69 bits per heavy atom. The molecule has 3 aromatic carbocycles. The normalized spacial score (nSPS) is 13.1. The van der Waals surface area contributed by atoms with Crippen LogP contribution in [-0.4, -0.2) is 28.2 Å². The van der Waals surface area contributed by atoms with Crippen molar-refractivity contribution in [2.24, 2.45) is 0 Å². The first-order valence-electron chi connectivity index (χ1n) is 11.4. The molecular weight excluding hydrogens is 446 g/mol. The number of ether oxygens (including phenoxy) is 1. The fraction of sp³-hybridized carbons (Fsp3) is 0.259. The van der Waals surface area contributed by atoms with Crippen LogP contribution < -0.4 is 26.2 Å². The summed E-state index contributed by atoms with van der Waals surface area (Å²) in [6.45, 7) is 7.14. The summed E-state index contributed by atoms with van der Waals surface area (Å²) in [4.78, 5) is 40.6. The van der Waals surface area contributed by atoms with Gasteiger partial charge in [0.25, 0.3) is 10.9 Å². The van der Waals surface area contributed by atoms with E-state index < -0.39 is 28.8 Å². The largest absolute Gasteiger partial charge is 0.485 e. The van der Waals surface area contributed by atoms with E-state index in [-0.39, 0.29) is 17.5 Å². The highest BCUT2D eigenvalue weighted by Crippen LogP contribution is 2.29. The second kappa shape index (κ2) is 9.58. The fourth-order valence-corrected chi connectivity index (χ4v) is 4.03. The van der Waals surface area contributed by atoms with E-state index in [4.69, 9.17) is 4.74 Å². The van der Waals surface area contributed by atoms with E-state index in [1.165, 1.54) is 0 Å². The molecule has 4 aromatic rings. The van der Waals surface area contributed by atoms with Crippen molar-refractivity contribution in [3.8, 4) is 5.75 Å². The van der Waals surface area contributed by atoms with Crippen LogP contribution in [0.15, 0.2) is 64.2 Å². The van der Waals surface area contributed by atoms with Gasteiger partial charge in [-0.3, -0.25) is 9.59 Å². The number of aromatic nitrogens is 1. The van der Waals surface area contributed by atoms with Gasteiger partial charge in [-0.25, -0.2) is 9.78 Å². The number of rotatable bonds is 9. The maximum atomic E-state index is 12.0. The van der Waals surface area contributed by atoms with Gasteiger partial charge in [0.1, 0.15) is 17.5 Å². The first-order valence-corrected chi connectivity index (χ1v) is 11.4. The third-order valence-corrected chi connectivity index (χ3v) is 5.85. The third kappa shape index (κ3) is 4.87. The Morgan fingerprint density at radius 3 is 2.34 bits per heavy atom. The molecule has 0 spiro atoms. The third-order valence-electron chi connectivity index (χ3n) is 5.85. The Balaban J connectivity index is 1.55. The lowest BCUT2D eigenvalue weighted by molar-refractivity contribution is -0.138. The van der Waals surface area contributed by atoms with Gasteiger partial charge in [-0.15, -0.1) is 0 Å². The van der Waals surface area contributed by atoms with Gasteiger partial charge in [0.15, 0.2) is 5.75 Å². The summed E-state index contributed by atoms with van der Waals surface area (Å²) in [5.41, 5.74) is 0.855. The monoisotopic (exact) mass is 473 g/mol. The molecule has 0 aliphatic carbocycles. The van der Waals surface area contributed by atoms with Gasteiger partial charge in [-0.1, -0.05) is 43.3 Å². The molecule has 0 saturated heterocycles. The number of aryl methyl sites for hydroxylation is 1. The topological polar surface area (TPSA) is 118 Å². The van der Waals surface area contributed by atoms with Crippen LogP contribution in [0.1, 0.15) is 37.9 Å². The molecule has 0 aliphatic heterocycles. The van der Waals surface area contributed by atoms with Crippen LogP contribution >= 0.6 is 0 Å². The number of anilines is 3. The summed E-state index contributed by atoms with van der Waals surface area (Å²) in [6.07, 6.45) is -0.320. The molecule has 35 heavy (non-hydrogen) atoms. The van der Waals surface area contributed by atoms with E-state index in [1.807, 2.05) is 61.5 Å². The molecule has 0 aliphatic rings. The Hall–Kier alpha value is -4.20. The molecule has 2 atom stereocenters. The van der Waals surface area contributed by atoms with E-state index in [0.29, 0.717) is 0 Å². The Bertz CT molecular complexity index is 1450. The number of pyridine rings is 1. The molecular formula is C27H27N3O5. The average molecular weight is 474 g/mol. The lowest BCUT2D eigenvalue weighted by atomic mass is 9.92. The van der Waals surface area contributed by atoms with Crippen LogP contribution in [0.2, 0.25) is 0 Å². The zero-order chi connectivity index (χ0) is 25.3. The zero-order valence-corrected chi connectivity index (χ0v) is 20.0. The quantitative estimate of drug-likeness (QED) is 0.307. The summed E-state index contributed by atoms with van der Waals surface area (Å²) >= 11 is 0. The maximum absolute atomic E-state index is 12.0. The standard InChI is InChI=1S/C27H27N3O5/c1-14(2)35-25-22(23(31)24(25)32)30-21(27(33)34)16(4)17-9-11-19(12-10-17)29-26-20-8-6-5-7-18(20)13-15(3)28-26/h5-14,16,21,30H,1-4H3,(H,28,29)(H,33,34). The highest BCUT2D eigenvalue weighted by molar-refractivity contribution is 5.93. The number of nitrogens with one attached hydrogen (secondary N) is 2. The molecule has 8 nitrogen and oxygen atoms in total. The summed E-state index contributed by atoms with van der Waals surface area (Å²) in [5.74, 6) is -1.01. The highest BCUT2D eigenvalue weighted by atomic mass is 16.5. The predicted octanol–water partition coefficient (Wildman–Crippen LogP) is 4.34. The lowest BCUT2D eigenvalue weighted by Gasteiger charge is -2.25. The average Bonchev–Trinajstić information content (AvgIpc) is 2.83. The number of aliphatic carboxylic acids is 1. The van der Waals surface area contributed by atoms with Gasteiger partial charge in [-0.2, -0.15) is 0 Å². The van der Waals surface area contributed by atoms with Crippen molar-refractivity contribution >= 4 is 33.9 Å². The molecule has 3 N–H and O–H groups in total. The van der Waals surface area contributed by atoms with Crippen LogP contribution in [0.3, 0.4) is 0 Å². The minimum Gasteiger partial charge on any atom is -0.485 e. The molecule has 180 valence electrons. The molecule has 1 aromatic heterocycles. The molecule has 2 unspecified atom stereocenters. The van der Waals surface area contributed by atoms with Gasteiger partial charge in [-0.05, 0) is 49.9 Å². The number of hydrogen-bond acceptors (Lipinski definition) is 7. The van der Waals surface area contributed by atoms with Crippen LogP contribution in [0.25, 0.3) is 10.8 Å². The molecule has 0 bridgehead atoms. The first-order chi connectivity index (χ1) is 16.7. The summed E-state index contributed by atoms with van der Waals surface area (Å²) in [7, 11) is 0. The molecule has 0 radical (unpaired) electrons. The lowest BCUT2D eigenvalue weighted by Crippen LogP contribution is -2.43. The zero-order valence-electron chi connectivity index (χ0n) is 20.0. The second-order valence-electron chi connectivity index (χ2n) is 8.86. The Kier molecular flexibility index (Phi) is 6.55. The Labute approximate surface area is 202 Å². The van der Waals surface area contributed by atoms with Crippen molar-refractivity contribution in [2.45, 2.75) is 45.8 Å². The first kappa shape index (κ1) is 23.9. The molecule has 4 rings (SSSR count). The van der Waals surface area contributed by atoms with Crippen molar-refractivity contribution in [1.82, 2.24) is 4.98 Å². The van der Waals surface area contributed by atoms with Crippen molar-refractivity contribution in [1.29, 1.82) is 0 Å².